The molecule has 1 aliphatic heterocycles. The van der Waals surface area contributed by atoms with Crippen LogP contribution in [0.1, 0.15) is 10.4 Å². The highest BCUT2D eigenvalue weighted by Crippen LogP contribution is 2.41. The average molecular weight is 392 g/mol. The lowest BCUT2D eigenvalue weighted by Gasteiger charge is -2.19. The number of aliphatic hydroxyl groups excluding tert-OH is 1. The van der Waals surface area contributed by atoms with E-state index < -0.39 is 0 Å². The first-order valence-electron chi connectivity index (χ1n) is 7.33. The summed E-state index contributed by atoms with van der Waals surface area (Å²) >= 11 is 8.65. The van der Waals surface area contributed by atoms with E-state index in [9.17, 15) is 4.79 Å². The minimum absolute atomic E-state index is 0.180. The van der Waals surface area contributed by atoms with Gasteiger partial charge in [-0.3, -0.25) is 9.80 Å². The number of carbonyl (C=O) groups excluding carboxylic acids is 1. The Hall–Kier alpha value is -1.98. The number of nitrogens with zero attached hydrogens (tertiary/aromatic N) is 2. The smallest absolute Gasteiger partial charge is 0.278 e. The topological polar surface area (TPSA) is 64.9 Å². The fourth-order valence-electron chi connectivity index (χ4n) is 2.11. The molecule has 2 N–H and O–H groups in total. The van der Waals surface area contributed by atoms with Crippen molar-refractivity contribution in [2.24, 2.45) is 5.10 Å². The lowest BCUT2D eigenvalue weighted by molar-refractivity contribution is -0.114. The molecule has 0 spiro atoms. The molecule has 2 heterocycles. The minimum atomic E-state index is -0.230. The van der Waals surface area contributed by atoms with E-state index in [1.807, 2.05) is 18.2 Å². The monoisotopic (exact) mass is 391 g/mol. The molecule has 3 rings (SSSR count). The minimum Gasteiger partial charge on any atom is -0.384 e. The van der Waals surface area contributed by atoms with Crippen LogP contribution in [-0.4, -0.2) is 29.7 Å². The van der Waals surface area contributed by atoms with E-state index in [4.69, 9.17) is 16.7 Å². The number of thiophene rings is 1. The Morgan fingerprint density at radius 1 is 1.40 bits per heavy atom. The quantitative estimate of drug-likeness (QED) is 0.789. The second-order valence-corrected chi connectivity index (χ2v) is 7.58. The van der Waals surface area contributed by atoms with Crippen molar-refractivity contribution >= 4 is 50.7 Å². The molecule has 1 amide bonds. The van der Waals surface area contributed by atoms with Crippen LogP contribution in [-0.2, 0) is 11.3 Å². The SMILES string of the molecule is CN1N=C(C(=O)NCc2ccc(Cl)cc2)Sc2cc(C#CCO)sc21. The highest BCUT2D eigenvalue weighted by Gasteiger charge is 2.24. The van der Waals surface area contributed by atoms with E-state index in [0.29, 0.717) is 16.6 Å². The number of aliphatic hydroxyl groups is 1. The summed E-state index contributed by atoms with van der Waals surface area (Å²) in [5.41, 5.74) is 0.963. The van der Waals surface area contributed by atoms with Gasteiger partial charge in [0, 0.05) is 18.6 Å². The molecule has 1 aromatic carbocycles. The first-order chi connectivity index (χ1) is 12.1. The van der Waals surface area contributed by atoms with Gasteiger partial charge >= 0.3 is 0 Å². The predicted molar refractivity (Wildman–Crippen MR) is 103 cm³/mol. The third-order valence-corrected chi connectivity index (χ3v) is 5.76. The van der Waals surface area contributed by atoms with Gasteiger partial charge in [0.1, 0.15) is 11.6 Å². The van der Waals surface area contributed by atoms with Crippen molar-refractivity contribution in [3.05, 3.63) is 45.8 Å². The molecule has 0 saturated carbocycles. The lowest BCUT2D eigenvalue weighted by atomic mass is 10.2. The van der Waals surface area contributed by atoms with Gasteiger partial charge in [0.25, 0.3) is 5.91 Å². The summed E-state index contributed by atoms with van der Waals surface area (Å²) in [6.07, 6.45) is 0. The number of halogens is 1. The van der Waals surface area contributed by atoms with E-state index in [2.05, 4.69) is 22.3 Å². The maximum atomic E-state index is 12.4. The number of hydrogen-bond donors (Lipinski definition) is 2. The Morgan fingerprint density at radius 3 is 2.88 bits per heavy atom. The molecule has 0 radical (unpaired) electrons. The molecule has 0 fully saturated rings. The van der Waals surface area contributed by atoms with E-state index in [0.717, 1.165) is 20.3 Å². The summed E-state index contributed by atoms with van der Waals surface area (Å²) in [5.74, 6) is 5.28. The number of thioether (sulfide) groups is 1. The number of hydrogen-bond acceptors (Lipinski definition) is 6. The normalized spacial score (nSPS) is 12.8. The van der Waals surface area contributed by atoms with Crippen LogP contribution in [0.4, 0.5) is 5.00 Å². The summed E-state index contributed by atoms with van der Waals surface area (Å²) in [7, 11) is 1.80. The Bertz CT molecular complexity index is 882. The highest BCUT2D eigenvalue weighted by molar-refractivity contribution is 8.16. The van der Waals surface area contributed by atoms with E-state index in [-0.39, 0.29) is 12.5 Å². The number of benzene rings is 1. The van der Waals surface area contributed by atoms with Crippen molar-refractivity contribution in [1.29, 1.82) is 0 Å². The van der Waals surface area contributed by atoms with Crippen LogP contribution in [0.15, 0.2) is 40.3 Å². The molecular weight excluding hydrogens is 378 g/mol. The largest absolute Gasteiger partial charge is 0.384 e. The van der Waals surface area contributed by atoms with E-state index >= 15 is 0 Å². The van der Waals surface area contributed by atoms with Crippen molar-refractivity contribution < 1.29 is 9.90 Å². The van der Waals surface area contributed by atoms with Crippen molar-refractivity contribution in [2.45, 2.75) is 11.4 Å². The van der Waals surface area contributed by atoms with Gasteiger partial charge in [-0.1, -0.05) is 47.3 Å². The molecule has 0 unspecified atom stereocenters. The first kappa shape index (κ1) is 17.8. The Labute approximate surface area is 158 Å². The fraction of sp³-hybridized carbons (Fsp3) is 0.176. The Kier molecular flexibility index (Phi) is 5.66. The summed E-state index contributed by atoms with van der Waals surface area (Å²) < 4.78 is 0. The van der Waals surface area contributed by atoms with Gasteiger partial charge < -0.3 is 10.4 Å². The zero-order chi connectivity index (χ0) is 17.8. The molecule has 0 saturated heterocycles. The summed E-state index contributed by atoms with van der Waals surface area (Å²) in [6.45, 7) is 0.226. The number of hydrazone groups is 1. The van der Waals surface area contributed by atoms with E-state index in [1.54, 1.807) is 24.2 Å². The number of rotatable bonds is 3. The molecule has 8 heteroatoms. The van der Waals surface area contributed by atoms with Crippen molar-refractivity contribution in [3.8, 4) is 11.8 Å². The fourth-order valence-corrected chi connectivity index (χ4v) is 4.33. The molecule has 1 aliphatic rings. The van der Waals surface area contributed by atoms with Crippen LogP contribution in [0.5, 0.6) is 0 Å². The Balaban J connectivity index is 1.67. The summed E-state index contributed by atoms with van der Waals surface area (Å²) in [5, 5.41) is 19.6. The van der Waals surface area contributed by atoms with Gasteiger partial charge in [-0.05, 0) is 23.8 Å². The standard InChI is InChI=1S/C17H14ClN3O2S2/c1-21-17-14(9-13(24-17)3-2-8-22)25-16(20-21)15(23)19-10-11-4-6-12(18)7-5-11/h4-7,9,22H,8,10H2,1H3,(H,19,23). The van der Waals surface area contributed by atoms with Gasteiger partial charge in [-0.15, -0.1) is 11.3 Å². The molecule has 5 nitrogen and oxygen atoms in total. The molecule has 0 bridgehead atoms. The average Bonchev–Trinajstić information content (AvgIpc) is 3.02. The maximum absolute atomic E-state index is 12.4. The van der Waals surface area contributed by atoms with Gasteiger partial charge in [-0.25, -0.2) is 0 Å². The number of anilines is 1. The summed E-state index contributed by atoms with van der Waals surface area (Å²) in [4.78, 5) is 14.2. The molecular formula is C17H14ClN3O2S2. The highest BCUT2D eigenvalue weighted by atomic mass is 35.5. The van der Waals surface area contributed by atoms with Crippen LogP contribution in [0.25, 0.3) is 0 Å². The summed E-state index contributed by atoms with van der Waals surface area (Å²) in [6, 6.07) is 9.22. The third-order valence-electron chi connectivity index (χ3n) is 3.27. The second kappa shape index (κ2) is 7.93. The van der Waals surface area contributed by atoms with Crippen molar-refractivity contribution in [2.75, 3.05) is 18.7 Å². The Morgan fingerprint density at radius 2 is 2.16 bits per heavy atom. The molecule has 0 atom stereocenters. The number of nitrogens with one attached hydrogen (secondary N) is 1. The number of carbonyl (C=O) groups is 1. The van der Waals surface area contributed by atoms with Crippen molar-refractivity contribution in [3.63, 3.8) is 0 Å². The third kappa shape index (κ3) is 4.35. The zero-order valence-corrected chi connectivity index (χ0v) is 15.6. The molecule has 1 aromatic heterocycles. The van der Waals surface area contributed by atoms with Crippen molar-refractivity contribution in [1.82, 2.24) is 5.32 Å². The van der Waals surface area contributed by atoms with Crippen LogP contribution >= 0.6 is 34.7 Å². The van der Waals surface area contributed by atoms with Crippen LogP contribution in [0.3, 0.4) is 0 Å². The first-order valence-corrected chi connectivity index (χ1v) is 9.34. The maximum Gasteiger partial charge on any atom is 0.278 e. The second-order valence-electron chi connectivity index (χ2n) is 5.08. The van der Waals surface area contributed by atoms with Gasteiger partial charge in [0.2, 0.25) is 0 Å². The van der Waals surface area contributed by atoms with E-state index in [1.165, 1.54) is 23.1 Å². The van der Waals surface area contributed by atoms with Crippen LogP contribution in [0.2, 0.25) is 5.02 Å². The number of amides is 1. The predicted octanol–water partition coefficient (Wildman–Crippen LogP) is 2.92. The van der Waals surface area contributed by atoms with Gasteiger partial charge in [0.05, 0.1) is 9.77 Å². The lowest BCUT2D eigenvalue weighted by Crippen LogP contribution is -2.31. The van der Waals surface area contributed by atoms with Crippen LogP contribution < -0.4 is 10.3 Å². The zero-order valence-electron chi connectivity index (χ0n) is 13.2. The molecule has 2 aromatic rings. The number of fused-ring (bicyclic) bond motifs is 1. The van der Waals surface area contributed by atoms with Gasteiger partial charge in [-0.2, -0.15) is 5.10 Å². The molecule has 128 valence electrons. The molecule has 25 heavy (non-hydrogen) atoms. The van der Waals surface area contributed by atoms with Crippen LogP contribution in [0, 0.1) is 11.8 Å². The van der Waals surface area contributed by atoms with Gasteiger partial charge in [0.15, 0.2) is 5.04 Å². The molecule has 0 aliphatic carbocycles.